The highest BCUT2D eigenvalue weighted by Gasteiger charge is 2.19. The van der Waals surface area contributed by atoms with Crippen LogP contribution in [0.4, 0.5) is 5.82 Å². The van der Waals surface area contributed by atoms with Crippen molar-refractivity contribution in [3.8, 4) is 0 Å². The van der Waals surface area contributed by atoms with Crippen molar-refractivity contribution in [2.24, 2.45) is 0 Å². The predicted molar refractivity (Wildman–Crippen MR) is 76.9 cm³/mol. The van der Waals surface area contributed by atoms with Gasteiger partial charge in [-0.15, -0.1) is 0 Å². The van der Waals surface area contributed by atoms with Gasteiger partial charge in [-0.25, -0.2) is 14.8 Å². The molecule has 0 amide bonds. The van der Waals surface area contributed by atoms with E-state index < -0.39 is 5.97 Å². The van der Waals surface area contributed by atoms with Gasteiger partial charge in [0.15, 0.2) is 0 Å². The average molecular weight is 278 g/mol. The van der Waals surface area contributed by atoms with Gasteiger partial charge in [0, 0.05) is 24.3 Å². The normalized spacial score (nSPS) is 19.6. The number of piperidine rings is 1. The van der Waals surface area contributed by atoms with Gasteiger partial charge in [-0.3, -0.25) is 0 Å². The molecule has 1 N–H and O–H groups in total. The first-order valence-corrected chi connectivity index (χ1v) is 6.98. The van der Waals surface area contributed by atoms with Crippen LogP contribution in [0.2, 0.25) is 0 Å². The van der Waals surface area contributed by atoms with Crippen LogP contribution in [0.15, 0.2) is 6.07 Å². The highest BCUT2D eigenvalue weighted by molar-refractivity contribution is 5.85. The van der Waals surface area contributed by atoms with Gasteiger partial charge in [-0.2, -0.15) is 0 Å². The molecule has 1 aliphatic heterocycles. The number of nitrogens with zero attached hydrogens (tertiary/aromatic N) is 3. The molecule has 6 nitrogen and oxygen atoms in total. The number of ether oxygens (including phenoxy) is 1. The van der Waals surface area contributed by atoms with Crippen molar-refractivity contribution >= 4 is 11.8 Å². The molecule has 1 aliphatic rings. The highest BCUT2D eigenvalue weighted by Crippen LogP contribution is 2.16. The molecule has 1 aromatic heterocycles. The molecule has 0 saturated carbocycles. The van der Waals surface area contributed by atoms with Crippen LogP contribution in [0.1, 0.15) is 35.6 Å². The molecular formula is C14H22N4O2. The van der Waals surface area contributed by atoms with Crippen LogP contribution in [0.3, 0.4) is 0 Å². The first-order valence-electron chi connectivity index (χ1n) is 6.98. The number of hydrogen-bond donors (Lipinski definition) is 1. The minimum atomic E-state index is -0.508. The summed E-state index contributed by atoms with van der Waals surface area (Å²) in [7, 11) is 3.48. The zero-order chi connectivity index (χ0) is 14.5. The van der Waals surface area contributed by atoms with Gasteiger partial charge in [-0.1, -0.05) is 6.42 Å². The van der Waals surface area contributed by atoms with Crippen LogP contribution < -0.4 is 5.32 Å². The van der Waals surface area contributed by atoms with E-state index in [0.29, 0.717) is 11.9 Å². The van der Waals surface area contributed by atoms with Gasteiger partial charge in [-0.05, 0) is 33.4 Å². The van der Waals surface area contributed by atoms with Crippen LogP contribution in [0, 0.1) is 6.92 Å². The van der Waals surface area contributed by atoms with Gasteiger partial charge in [0.2, 0.25) is 5.82 Å². The molecule has 2 rings (SSSR count). The second-order valence-corrected chi connectivity index (χ2v) is 5.22. The Labute approximate surface area is 119 Å². The largest absolute Gasteiger partial charge is 0.463 e. The first-order chi connectivity index (χ1) is 9.60. The van der Waals surface area contributed by atoms with E-state index in [0.717, 1.165) is 18.8 Å². The van der Waals surface area contributed by atoms with Crippen molar-refractivity contribution in [3.63, 3.8) is 0 Å². The Hall–Kier alpha value is -1.69. The Morgan fingerprint density at radius 3 is 3.00 bits per heavy atom. The Morgan fingerprint density at radius 2 is 2.30 bits per heavy atom. The molecule has 0 radical (unpaired) electrons. The van der Waals surface area contributed by atoms with E-state index in [2.05, 4.69) is 32.0 Å². The zero-order valence-electron chi connectivity index (χ0n) is 12.3. The molecule has 20 heavy (non-hydrogen) atoms. The van der Waals surface area contributed by atoms with Gasteiger partial charge in [0.05, 0.1) is 7.11 Å². The lowest BCUT2D eigenvalue weighted by atomic mass is 10.0. The Morgan fingerprint density at radius 1 is 1.50 bits per heavy atom. The number of hydrogen-bond acceptors (Lipinski definition) is 6. The molecule has 6 heteroatoms. The zero-order valence-corrected chi connectivity index (χ0v) is 12.3. The summed E-state index contributed by atoms with van der Waals surface area (Å²) in [5.41, 5.74) is 0.750. The number of carbonyl (C=O) groups is 1. The predicted octanol–water partition coefficient (Wildman–Crippen LogP) is 1.47. The van der Waals surface area contributed by atoms with Crippen molar-refractivity contribution in [1.82, 2.24) is 14.9 Å². The Bertz CT molecular complexity index is 478. The number of aromatic nitrogens is 2. The van der Waals surface area contributed by atoms with E-state index in [4.69, 9.17) is 0 Å². The van der Waals surface area contributed by atoms with Crippen molar-refractivity contribution in [3.05, 3.63) is 17.6 Å². The maximum absolute atomic E-state index is 11.5. The van der Waals surface area contributed by atoms with Gasteiger partial charge in [0.25, 0.3) is 0 Å². The molecule has 0 bridgehead atoms. The summed E-state index contributed by atoms with van der Waals surface area (Å²) in [5, 5.41) is 3.30. The maximum atomic E-state index is 11.5. The third-order valence-corrected chi connectivity index (χ3v) is 3.66. The molecule has 2 heterocycles. The third kappa shape index (κ3) is 3.66. The monoisotopic (exact) mass is 278 g/mol. The molecule has 0 aliphatic carbocycles. The highest BCUT2D eigenvalue weighted by atomic mass is 16.5. The fourth-order valence-corrected chi connectivity index (χ4v) is 2.47. The van der Waals surface area contributed by atoms with Crippen molar-refractivity contribution < 1.29 is 9.53 Å². The molecule has 1 atom stereocenters. The second-order valence-electron chi connectivity index (χ2n) is 5.22. The fraction of sp³-hybridized carbons (Fsp3) is 0.643. The van der Waals surface area contributed by atoms with Gasteiger partial charge < -0.3 is 15.0 Å². The lowest BCUT2D eigenvalue weighted by molar-refractivity contribution is 0.0586. The Balaban J connectivity index is 2.01. The molecule has 0 aromatic carbocycles. The molecule has 1 unspecified atom stereocenters. The molecule has 110 valence electrons. The number of rotatable bonds is 4. The summed E-state index contributed by atoms with van der Waals surface area (Å²) < 4.78 is 4.66. The third-order valence-electron chi connectivity index (χ3n) is 3.66. The summed E-state index contributed by atoms with van der Waals surface area (Å²) >= 11 is 0. The molecule has 1 saturated heterocycles. The van der Waals surface area contributed by atoms with Crippen LogP contribution in [-0.2, 0) is 4.74 Å². The minimum absolute atomic E-state index is 0.104. The lowest BCUT2D eigenvalue weighted by Crippen LogP contribution is -2.40. The molecule has 1 fully saturated rings. The average Bonchev–Trinajstić information content (AvgIpc) is 2.45. The number of methoxy groups -OCH3 is 1. The van der Waals surface area contributed by atoms with E-state index in [1.165, 1.54) is 26.4 Å². The number of likely N-dealkylation sites (N-methyl/N-ethyl adjacent to an activating group) is 1. The van der Waals surface area contributed by atoms with Crippen LogP contribution in [0.5, 0.6) is 0 Å². The minimum Gasteiger partial charge on any atom is -0.463 e. The fourth-order valence-electron chi connectivity index (χ4n) is 2.47. The molecule has 0 spiro atoms. The van der Waals surface area contributed by atoms with Crippen molar-refractivity contribution in [2.45, 2.75) is 32.2 Å². The van der Waals surface area contributed by atoms with E-state index in [1.54, 1.807) is 0 Å². The topological polar surface area (TPSA) is 67.3 Å². The van der Waals surface area contributed by atoms with Crippen LogP contribution in [0.25, 0.3) is 0 Å². The van der Waals surface area contributed by atoms with E-state index in [1.807, 2.05) is 13.0 Å². The van der Waals surface area contributed by atoms with Crippen molar-refractivity contribution in [2.75, 3.05) is 32.6 Å². The van der Waals surface area contributed by atoms with Crippen molar-refractivity contribution in [1.29, 1.82) is 0 Å². The first kappa shape index (κ1) is 14.7. The lowest BCUT2D eigenvalue weighted by Gasteiger charge is -2.32. The number of esters is 1. The van der Waals surface area contributed by atoms with Gasteiger partial charge in [0.1, 0.15) is 5.82 Å². The van der Waals surface area contributed by atoms with E-state index >= 15 is 0 Å². The smallest absolute Gasteiger partial charge is 0.376 e. The quantitative estimate of drug-likeness (QED) is 0.841. The van der Waals surface area contributed by atoms with Crippen LogP contribution >= 0.6 is 0 Å². The second kappa shape index (κ2) is 6.65. The number of aryl methyl sites for hydroxylation is 1. The number of carbonyl (C=O) groups excluding carboxylic acids is 1. The van der Waals surface area contributed by atoms with E-state index in [-0.39, 0.29) is 5.82 Å². The van der Waals surface area contributed by atoms with Gasteiger partial charge >= 0.3 is 5.97 Å². The van der Waals surface area contributed by atoms with E-state index in [9.17, 15) is 4.79 Å². The maximum Gasteiger partial charge on any atom is 0.376 e. The number of anilines is 1. The molecular weight excluding hydrogens is 256 g/mol. The molecule has 1 aromatic rings. The van der Waals surface area contributed by atoms with Crippen LogP contribution in [-0.4, -0.2) is 54.1 Å². The summed E-state index contributed by atoms with van der Waals surface area (Å²) in [4.78, 5) is 22.1. The summed E-state index contributed by atoms with van der Waals surface area (Å²) in [5.74, 6) is 0.274. The SMILES string of the molecule is COC(=O)c1nc(C)cc(NCC2CCCCN2C)n1. The number of likely N-dealkylation sites (tertiary alicyclic amines) is 1. The summed E-state index contributed by atoms with van der Waals surface area (Å²) in [6, 6.07) is 2.36. The Kier molecular flexibility index (Phi) is 4.89. The number of nitrogens with one attached hydrogen (secondary N) is 1. The summed E-state index contributed by atoms with van der Waals surface area (Å²) in [6.45, 7) is 3.81. The summed E-state index contributed by atoms with van der Waals surface area (Å²) in [6.07, 6.45) is 3.73. The standard InChI is InChI=1S/C14H22N4O2/c1-10-8-12(17-13(16-10)14(19)20-3)15-9-11-6-4-5-7-18(11)2/h8,11H,4-7,9H2,1-3H3,(H,15,16,17).